The molecule has 0 saturated heterocycles. The molecule has 0 spiro atoms. The van der Waals surface area contributed by atoms with Crippen LogP contribution < -0.4 is 5.73 Å². The molecule has 0 radical (unpaired) electrons. The Morgan fingerprint density at radius 1 is 1.38 bits per heavy atom. The molecule has 0 amide bonds. The Hall–Kier alpha value is -1.32. The number of hydrogen-bond acceptors (Lipinski definition) is 2. The first kappa shape index (κ1) is 11.2. The van der Waals surface area contributed by atoms with Gasteiger partial charge in [-0.2, -0.15) is 0 Å². The van der Waals surface area contributed by atoms with Crippen LogP contribution in [0.3, 0.4) is 0 Å². The van der Waals surface area contributed by atoms with Crippen LogP contribution in [-0.4, -0.2) is 24.8 Å². The van der Waals surface area contributed by atoms with E-state index in [-0.39, 0.29) is 5.92 Å². The van der Waals surface area contributed by atoms with Crippen LogP contribution in [-0.2, 0) is 11.8 Å². The van der Waals surface area contributed by atoms with Gasteiger partial charge in [0.25, 0.3) is 0 Å². The number of para-hydroxylation sites is 1. The number of ether oxygens (including phenoxy) is 1. The second kappa shape index (κ2) is 4.68. The highest BCUT2D eigenvalue weighted by molar-refractivity contribution is 5.84. The standard InChI is InChI=1S/C13H18N2O/c1-15-8-12(10(7-14)9-16-2)11-5-3-4-6-13(11)15/h3-6,8,10H,7,9,14H2,1-2H3. The highest BCUT2D eigenvalue weighted by Gasteiger charge is 2.15. The van der Waals surface area contributed by atoms with Gasteiger partial charge in [0.15, 0.2) is 0 Å². The molecule has 1 aromatic heterocycles. The van der Waals surface area contributed by atoms with Crippen molar-refractivity contribution in [1.29, 1.82) is 0 Å². The second-order valence-electron chi connectivity index (χ2n) is 4.10. The highest BCUT2D eigenvalue weighted by Crippen LogP contribution is 2.26. The van der Waals surface area contributed by atoms with E-state index < -0.39 is 0 Å². The number of fused-ring (bicyclic) bond motifs is 1. The molecule has 1 aromatic carbocycles. The quantitative estimate of drug-likeness (QED) is 0.851. The predicted octanol–water partition coefficient (Wildman–Crippen LogP) is 1.87. The maximum absolute atomic E-state index is 5.80. The van der Waals surface area contributed by atoms with Crippen molar-refractivity contribution in [2.75, 3.05) is 20.3 Å². The third-order valence-corrected chi connectivity index (χ3v) is 3.02. The first-order valence-corrected chi connectivity index (χ1v) is 5.51. The Bertz CT molecular complexity index is 476. The number of benzene rings is 1. The van der Waals surface area contributed by atoms with E-state index >= 15 is 0 Å². The Labute approximate surface area is 95.8 Å². The molecule has 3 heteroatoms. The number of aromatic nitrogens is 1. The van der Waals surface area contributed by atoms with Crippen molar-refractivity contribution >= 4 is 10.9 Å². The molecule has 2 N–H and O–H groups in total. The lowest BCUT2D eigenvalue weighted by atomic mass is 10.00. The molecule has 1 unspecified atom stereocenters. The Morgan fingerprint density at radius 3 is 2.81 bits per heavy atom. The fourth-order valence-corrected chi connectivity index (χ4v) is 2.18. The summed E-state index contributed by atoms with van der Waals surface area (Å²) in [7, 11) is 3.78. The molecule has 0 saturated carbocycles. The summed E-state index contributed by atoms with van der Waals surface area (Å²) in [6.07, 6.45) is 2.15. The molecule has 2 rings (SSSR count). The third-order valence-electron chi connectivity index (χ3n) is 3.02. The molecule has 0 aliphatic carbocycles. The Morgan fingerprint density at radius 2 is 2.12 bits per heavy atom. The summed E-state index contributed by atoms with van der Waals surface area (Å²) < 4.78 is 7.36. The maximum atomic E-state index is 5.80. The van der Waals surface area contributed by atoms with Crippen LogP contribution in [0, 0.1) is 0 Å². The average Bonchev–Trinajstić information content (AvgIpc) is 2.65. The predicted molar refractivity (Wildman–Crippen MR) is 66.6 cm³/mol. The summed E-state index contributed by atoms with van der Waals surface area (Å²) in [6, 6.07) is 8.38. The number of aryl methyl sites for hydroxylation is 1. The van der Waals surface area contributed by atoms with Gasteiger partial charge in [0.1, 0.15) is 0 Å². The summed E-state index contributed by atoms with van der Waals surface area (Å²) >= 11 is 0. The summed E-state index contributed by atoms with van der Waals surface area (Å²) in [6.45, 7) is 1.28. The monoisotopic (exact) mass is 218 g/mol. The van der Waals surface area contributed by atoms with Gasteiger partial charge in [-0.05, 0) is 11.6 Å². The van der Waals surface area contributed by atoms with Gasteiger partial charge in [-0.25, -0.2) is 0 Å². The molecule has 86 valence electrons. The van der Waals surface area contributed by atoms with Crippen molar-refractivity contribution in [2.24, 2.45) is 12.8 Å². The first-order chi connectivity index (χ1) is 7.77. The van der Waals surface area contributed by atoms with E-state index in [1.54, 1.807) is 7.11 Å². The number of nitrogens with two attached hydrogens (primary N) is 1. The van der Waals surface area contributed by atoms with Crippen molar-refractivity contribution in [1.82, 2.24) is 4.57 Å². The van der Waals surface area contributed by atoms with E-state index in [2.05, 4.69) is 42.1 Å². The second-order valence-corrected chi connectivity index (χ2v) is 4.10. The molecule has 1 heterocycles. The van der Waals surface area contributed by atoms with Crippen LogP contribution in [0.25, 0.3) is 10.9 Å². The van der Waals surface area contributed by atoms with Gasteiger partial charge in [-0.3, -0.25) is 0 Å². The zero-order valence-electron chi connectivity index (χ0n) is 9.81. The van der Waals surface area contributed by atoms with Gasteiger partial charge in [0.05, 0.1) is 6.61 Å². The zero-order chi connectivity index (χ0) is 11.5. The van der Waals surface area contributed by atoms with Gasteiger partial charge >= 0.3 is 0 Å². The lowest BCUT2D eigenvalue weighted by molar-refractivity contribution is 0.181. The SMILES string of the molecule is COCC(CN)c1cn(C)c2ccccc12. The summed E-state index contributed by atoms with van der Waals surface area (Å²) in [5.41, 5.74) is 8.32. The van der Waals surface area contributed by atoms with Crippen molar-refractivity contribution in [3.63, 3.8) is 0 Å². The van der Waals surface area contributed by atoms with Crippen LogP contribution in [0.15, 0.2) is 30.5 Å². The normalized spacial score (nSPS) is 13.2. The molecule has 0 fully saturated rings. The van der Waals surface area contributed by atoms with E-state index in [1.807, 2.05) is 0 Å². The zero-order valence-corrected chi connectivity index (χ0v) is 9.81. The molecule has 16 heavy (non-hydrogen) atoms. The Balaban J connectivity index is 2.51. The molecule has 0 aliphatic heterocycles. The van der Waals surface area contributed by atoms with Crippen molar-refractivity contribution in [2.45, 2.75) is 5.92 Å². The van der Waals surface area contributed by atoms with Gasteiger partial charge in [-0.1, -0.05) is 18.2 Å². The molecule has 1 atom stereocenters. The lowest BCUT2D eigenvalue weighted by Gasteiger charge is -2.12. The average molecular weight is 218 g/mol. The van der Waals surface area contributed by atoms with Crippen molar-refractivity contribution < 1.29 is 4.74 Å². The van der Waals surface area contributed by atoms with E-state index in [0.29, 0.717) is 13.2 Å². The van der Waals surface area contributed by atoms with Crippen LogP contribution in [0.1, 0.15) is 11.5 Å². The first-order valence-electron chi connectivity index (χ1n) is 5.51. The smallest absolute Gasteiger partial charge is 0.0543 e. The maximum Gasteiger partial charge on any atom is 0.0543 e. The molecular formula is C13H18N2O. The van der Waals surface area contributed by atoms with Crippen LogP contribution in [0.4, 0.5) is 0 Å². The minimum absolute atomic E-state index is 0.274. The van der Waals surface area contributed by atoms with Gasteiger partial charge < -0.3 is 15.0 Å². The van der Waals surface area contributed by atoms with Gasteiger partial charge in [-0.15, -0.1) is 0 Å². The number of methoxy groups -OCH3 is 1. The third kappa shape index (κ3) is 1.84. The topological polar surface area (TPSA) is 40.2 Å². The molecule has 0 aliphatic rings. The minimum atomic E-state index is 0.274. The van der Waals surface area contributed by atoms with Crippen LogP contribution in [0.5, 0.6) is 0 Å². The summed E-state index contributed by atoms with van der Waals surface area (Å²) in [4.78, 5) is 0. The fraction of sp³-hybridized carbons (Fsp3) is 0.385. The molecule has 2 aromatic rings. The van der Waals surface area contributed by atoms with Gasteiger partial charge in [0.2, 0.25) is 0 Å². The molecule has 3 nitrogen and oxygen atoms in total. The van der Waals surface area contributed by atoms with Crippen molar-refractivity contribution in [3.8, 4) is 0 Å². The molecular weight excluding hydrogens is 200 g/mol. The fourth-order valence-electron chi connectivity index (χ4n) is 2.18. The van der Waals surface area contributed by atoms with E-state index in [1.165, 1.54) is 16.5 Å². The van der Waals surface area contributed by atoms with Crippen molar-refractivity contribution in [3.05, 3.63) is 36.0 Å². The number of nitrogens with zero attached hydrogens (tertiary/aromatic N) is 1. The highest BCUT2D eigenvalue weighted by atomic mass is 16.5. The van der Waals surface area contributed by atoms with E-state index in [4.69, 9.17) is 10.5 Å². The van der Waals surface area contributed by atoms with E-state index in [0.717, 1.165) is 0 Å². The minimum Gasteiger partial charge on any atom is -0.384 e. The van der Waals surface area contributed by atoms with Crippen LogP contribution in [0.2, 0.25) is 0 Å². The Kier molecular flexibility index (Phi) is 3.27. The number of hydrogen-bond donors (Lipinski definition) is 1. The lowest BCUT2D eigenvalue weighted by Crippen LogP contribution is -2.17. The van der Waals surface area contributed by atoms with Crippen LogP contribution >= 0.6 is 0 Å². The molecule has 0 bridgehead atoms. The largest absolute Gasteiger partial charge is 0.384 e. The number of rotatable bonds is 4. The van der Waals surface area contributed by atoms with E-state index in [9.17, 15) is 0 Å². The van der Waals surface area contributed by atoms with Gasteiger partial charge in [0, 0.05) is 43.7 Å². The summed E-state index contributed by atoms with van der Waals surface area (Å²) in [5.74, 6) is 0.274. The summed E-state index contributed by atoms with van der Waals surface area (Å²) in [5, 5.41) is 1.28.